The summed E-state index contributed by atoms with van der Waals surface area (Å²) in [7, 11) is 2.25. The van der Waals surface area contributed by atoms with Crippen LogP contribution >= 0.6 is 0 Å². The second kappa shape index (κ2) is 8.23. The Morgan fingerprint density at radius 1 is 1.08 bits per heavy atom. The largest absolute Gasteiger partial charge is 0.343 e. The summed E-state index contributed by atoms with van der Waals surface area (Å²) in [6.07, 6.45) is 3.30. The molecular formula is C20H28N4O+2. The van der Waals surface area contributed by atoms with E-state index in [0.717, 1.165) is 13.1 Å². The second-order valence-electron chi connectivity index (χ2n) is 7.01. The number of nitrogens with one attached hydrogen (secondary N) is 3. The van der Waals surface area contributed by atoms with Crippen molar-refractivity contribution in [3.8, 4) is 0 Å². The molecule has 1 amide bonds. The Morgan fingerprint density at radius 2 is 1.80 bits per heavy atom. The number of quaternary nitrogens is 2. The normalized spacial score (nSPS) is 22.8. The third-order valence-corrected chi connectivity index (χ3v) is 5.13. The van der Waals surface area contributed by atoms with E-state index in [-0.39, 0.29) is 18.0 Å². The van der Waals surface area contributed by atoms with Crippen LogP contribution < -0.4 is 15.1 Å². The zero-order valence-corrected chi connectivity index (χ0v) is 15.0. The average molecular weight is 340 g/mol. The number of hydrogen-bond donors (Lipinski definition) is 3. The van der Waals surface area contributed by atoms with E-state index in [2.05, 4.69) is 48.5 Å². The highest BCUT2D eigenvalue weighted by atomic mass is 16.1. The van der Waals surface area contributed by atoms with E-state index >= 15 is 0 Å². The fraction of sp³-hybridized carbons (Fsp3) is 0.400. The molecule has 1 fully saturated rings. The average Bonchev–Trinajstić information content (AvgIpc) is 2.65. The topological polar surface area (TPSA) is 50.9 Å². The number of likely N-dealkylation sites (N-methyl/N-ethyl adjacent to an activating group) is 1. The van der Waals surface area contributed by atoms with E-state index in [1.54, 1.807) is 34.3 Å². The number of hydrogen-bond acceptors (Lipinski definition) is 2. The first-order valence-corrected chi connectivity index (χ1v) is 9.07. The minimum atomic E-state index is -0.0549. The van der Waals surface area contributed by atoms with Crippen molar-refractivity contribution in [1.29, 1.82) is 0 Å². The van der Waals surface area contributed by atoms with Gasteiger partial charge in [0.25, 0.3) is 5.91 Å². The van der Waals surface area contributed by atoms with Gasteiger partial charge in [-0.2, -0.15) is 0 Å². The minimum absolute atomic E-state index is 0.0449. The van der Waals surface area contributed by atoms with E-state index in [1.165, 1.54) is 18.7 Å². The molecule has 0 spiro atoms. The zero-order chi connectivity index (χ0) is 17.6. The Bertz CT molecular complexity index is 669. The molecule has 1 saturated heterocycles. The van der Waals surface area contributed by atoms with Gasteiger partial charge in [-0.25, -0.2) is 0 Å². The van der Waals surface area contributed by atoms with Gasteiger partial charge in [0.15, 0.2) is 0 Å². The molecule has 0 radical (unpaired) electrons. The highest BCUT2D eigenvalue weighted by Crippen LogP contribution is 2.14. The molecular weight excluding hydrogens is 312 g/mol. The van der Waals surface area contributed by atoms with Gasteiger partial charge >= 0.3 is 0 Å². The predicted octanol–water partition coefficient (Wildman–Crippen LogP) is -0.646. The van der Waals surface area contributed by atoms with Crippen LogP contribution in [-0.2, 0) is 0 Å². The molecule has 3 N–H and O–H groups in total. The van der Waals surface area contributed by atoms with Gasteiger partial charge in [-0.3, -0.25) is 9.78 Å². The van der Waals surface area contributed by atoms with Crippen LogP contribution in [0.3, 0.4) is 0 Å². The van der Waals surface area contributed by atoms with Crippen molar-refractivity contribution >= 4 is 5.91 Å². The molecule has 0 bridgehead atoms. The first-order chi connectivity index (χ1) is 12.1. The number of aromatic nitrogens is 1. The molecule has 2 heterocycles. The van der Waals surface area contributed by atoms with E-state index in [0.29, 0.717) is 5.56 Å². The van der Waals surface area contributed by atoms with E-state index in [1.807, 2.05) is 6.07 Å². The zero-order valence-electron chi connectivity index (χ0n) is 15.0. The molecule has 1 aromatic heterocycles. The monoisotopic (exact) mass is 340 g/mol. The van der Waals surface area contributed by atoms with Gasteiger partial charge in [-0.15, -0.1) is 0 Å². The van der Waals surface area contributed by atoms with Crippen LogP contribution in [0, 0.1) is 0 Å². The molecule has 0 unspecified atom stereocenters. The lowest BCUT2D eigenvalue weighted by Gasteiger charge is -2.36. The van der Waals surface area contributed by atoms with Crippen molar-refractivity contribution in [2.45, 2.75) is 19.0 Å². The van der Waals surface area contributed by atoms with Gasteiger partial charge in [0, 0.05) is 18.0 Å². The van der Waals surface area contributed by atoms with Gasteiger partial charge in [0.05, 0.1) is 18.7 Å². The fourth-order valence-electron chi connectivity index (χ4n) is 3.72. The Balaban J connectivity index is 1.77. The maximum absolute atomic E-state index is 12.6. The van der Waals surface area contributed by atoms with Gasteiger partial charge in [0.1, 0.15) is 32.2 Å². The Hall–Kier alpha value is -2.24. The number of rotatable bonds is 5. The van der Waals surface area contributed by atoms with Gasteiger partial charge in [0.2, 0.25) is 0 Å². The number of carbonyl (C=O) groups excluding carboxylic acids is 1. The summed E-state index contributed by atoms with van der Waals surface area (Å²) < 4.78 is 0. The summed E-state index contributed by atoms with van der Waals surface area (Å²) in [4.78, 5) is 19.7. The number of benzene rings is 1. The van der Waals surface area contributed by atoms with Crippen LogP contribution in [0.15, 0.2) is 54.9 Å². The standard InChI is InChI=1S/C20H26N4O/c1-16(22-20(25)18-9-6-10-21-15-18)19(17-7-4-3-5-8-17)24-13-11-23(2)12-14-24/h3-10,15-16,19H,11-14H2,1-2H3,(H,22,25)/p+2/t16-,19+/m1/s1. The molecule has 1 aliphatic rings. The third-order valence-electron chi connectivity index (χ3n) is 5.13. The van der Waals surface area contributed by atoms with Crippen molar-refractivity contribution in [2.75, 3.05) is 33.2 Å². The fourth-order valence-corrected chi connectivity index (χ4v) is 3.72. The molecule has 2 aromatic rings. The molecule has 5 heteroatoms. The molecule has 0 aliphatic carbocycles. The third kappa shape index (κ3) is 4.44. The first kappa shape index (κ1) is 17.6. The molecule has 1 aromatic carbocycles. The van der Waals surface area contributed by atoms with Crippen molar-refractivity contribution in [3.05, 3.63) is 66.0 Å². The smallest absolute Gasteiger partial charge is 0.253 e. The first-order valence-electron chi connectivity index (χ1n) is 9.07. The Kier molecular flexibility index (Phi) is 5.79. The molecule has 1 aliphatic heterocycles. The molecule has 132 valence electrons. The summed E-state index contributed by atoms with van der Waals surface area (Å²) in [5.74, 6) is -0.0549. The summed E-state index contributed by atoms with van der Waals surface area (Å²) in [6, 6.07) is 14.5. The number of carbonyl (C=O) groups is 1. The quantitative estimate of drug-likeness (QED) is 0.678. The van der Waals surface area contributed by atoms with Gasteiger partial charge in [-0.1, -0.05) is 30.3 Å². The molecule has 0 saturated carbocycles. The van der Waals surface area contributed by atoms with E-state index < -0.39 is 0 Å². The summed E-state index contributed by atoms with van der Waals surface area (Å²) in [5, 5.41) is 3.20. The van der Waals surface area contributed by atoms with Crippen molar-refractivity contribution in [3.63, 3.8) is 0 Å². The molecule has 2 atom stereocenters. The van der Waals surface area contributed by atoms with Crippen LogP contribution in [-0.4, -0.2) is 50.2 Å². The lowest BCUT2D eigenvalue weighted by atomic mass is 9.97. The highest BCUT2D eigenvalue weighted by molar-refractivity contribution is 5.94. The van der Waals surface area contributed by atoms with E-state index in [4.69, 9.17) is 0 Å². The summed E-state index contributed by atoms with van der Waals surface area (Å²) in [6.45, 7) is 6.70. The maximum atomic E-state index is 12.6. The highest BCUT2D eigenvalue weighted by Gasteiger charge is 2.34. The van der Waals surface area contributed by atoms with Gasteiger partial charge < -0.3 is 15.1 Å². The number of amides is 1. The van der Waals surface area contributed by atoms with Crippen LogP contribution in [0.25, 0.3) is 0 Å². The molecule has 25 heavy (non-hydrogen) atoms. The number of pyridine rings is 1. The summed E-state index contributed by atoms with van der Waals surface area (Å²) >= 11 is 0. The number of nitrogens with zero attached hydrogens (tertiary/aromatic N) is 1. The van der Waals surface area contributed by atoms with Crippen molar-refractivity contribution in [2.24, 2.45) is 0 Å². The van der Waals surface area contributed by atoms with Gasteiger partial charge in [-0.05, 0) is 19.1 Å². The predicted molar refractivity (Wildman–Crippen MR) is 97.7 cm³/mol. The molecule has 3 rings (SSSR count). The van der Waals surface area contributed by atoms with Crippen LogP contribution in [0.1, 0.15) is 28.9 Å². The number of piperazine rings is 1. The van der Waals surface area contributed by atoms with E-state index in [9.17, 15) is 4.79 Å². The lowest BCUT2D eigenvalue weighted by Crippen LogP contribution is -3.27. The van der Waals surface area contributed by atoms with Crippen LogP contribution in [0.5, 0.6) is 0 Å². The van der Waals surface area contributed by atoms with Crippen LogP contribution in [0.4, 0.5) is 0 Å². The Labute approximate surface area is 149 Å². The lowest BCUT2D eigenvalue weighted by molar-refractivity contribution is -1.02. The summed E-state index contributed by atoms with van der Waals surface area (Å²) in [5.41, 5.74) is 1.90. The molecule has 5 nitrogen and oxygen atoms in total. The maximum Gasteiger partial charge on any atom is 0.253 e. The second-order valence-corrected chi connectivity index (χ2v) is 7.01. The van der Waals surface area contributed by atoms with Crippen LogP contribution in [0.2, 0.25) is 0 Å². The van der Waals surface area contributed by atoms with Crippen molar-refractivity contribution in [1.82, 2.24) is 10.3 Å². The Morgan fingerprint density at radius 3 is 2.44 bits per heavy atom. The van der Waals surface area contributed by atoms with Crippen molar-refractivity contribution < 1.29 is 14.6 Å². The minimum Gasteiger partial charge on any atom is -0.343 e. The SMILES string of the molecule is C[C@@H](NC(=O)c1cccnc1)[C@@H](c1ccccc1)[NH+]1CC[NH+](C)CC1.